The summed E-state index contributed by atoms with van der Waals surface area (Å²) >= 11 is 0. The average molecular weight is 283 g/mol. The molecule has 1 aromatic carbocycles. The van der Waals surface area contributed by atoms with E-state index in [0.717, 1.165) is 11.5 Å². The summed E-state index contributed by atoms with van der Waals surface area (Å²) in [5, 5.41) is 0. The second-order valence-corrected chi connectivity index (χ2v) is 7.94. The van der Waals surface area contributed by atoms with E-state index in [2.05, 4.69) is 84.9 Å². The fourth-order valence-corrected chi connectivity index (χ4v) is 2.15. The lowest BCUT2D eigenvalue weighted by molar-refractivity contribution is 0.329. The molecule has 0 spiro atoms. The lowest BCUT2D eigenvalue weighted by Crippen LogP contribution is -2.16. The molecule has 1 nitrogen and oxygen atoms in total. The molecule has 0 bridgehead atoms. The van der Waals surface area contributed by atoms with Gasteiger partial charge in [0, 0.05) is 12.1 Å². The van der Waals surface area contributed by atoms with Crippen molar-refractivity contribution in [2.24, 2.45) is 0 Å². The Bertz CT molecular complexity index is 590. The third-order valence-electron chi connectivity index (χ3n) is 3.66. The quantitative estimate of drug-likeness (QED) is 0.573. The third kappa shape index (κ3) is 3.72. The van der Waals surface area contributed by atoms with E-state index in [-0.39, 0.29) is 10.8 Å². The van der Waals surface area contributed by atoms with Crippen LogP contribution in [0.3, 0.4) is 0 Å². The van der Waals surface area contributed by atoms with Gasteiger partial charge in [-0.2, -0.15) is 0 Å². The smallest absolute Gasteiger partial charge is 0.217 e. The Morgan fingerprint density at radius 3 is 1.48 bits per heavy atom. The molecular formula is C20H27O+. The van der Waals surface area contributed by atoms with Crippen LogP contribution in [0.1, 0.15) is 58.6 Å². The van der Waals surface area contributed by atoms with Crippen LogP contribution in [0.2, 0.25) is 0 Å². The summed E-state index contributed by atoms with van der Waals surface area (Å²) in [7, 11) is 0. The van der Waals surface area contributed by atoms with Crippen LogP contribution in [0, 0.1) is 6.92 Å². The maximum absolute atomic E-state index is 6.19. The van der Waals surface area contributed by atoms with Crippen LogP contribution >= 0.6 is 0 Å². The van der Waals surface area contributed by atoms with Crippen LogP contribution in [0.15, 0.2) is 40.8 Å². The van der Waals surface area contributed by atoms with Gasteiger partial charge in [0.25, 0.3) is 0 Å². The Hall–Kier alpha value is -1.63. The Labute approximate surface area is 129 Å². The first-order valence-corrected chi connectivity index (χ1v) is 7.63. The zero-order valence-electron chi connectivity index (χ0n) is 14.4. The molecule has 0 aliphatic heterocycles. The van der Waals surface area contributed by atoms with Crippen LogP contribution in [0.4, 0.5) is 0 Å². The summed E-state index contributed by atoms with van der Waals surface area (Å²) in [5.41, 5.74) is 3.76. The maximum Gasteiger partial charge on any atom is 0.335 e. The predicted molar refractivity (Wildman–Crippen MR) is 90.7 cm³/mol. The molecule has 0 saturated heterocycles. The molecule has 2 rings (SSSR count). The van der Waals surface area contributed by atoms with E-state index in [9.17, 15) is 0 Å². The van der Waals surface area contributed by atoms with Crippen LogP contribution in [0.25, 0.3) is 11.1 Å². The highest BCUT2D eigenvalue weighted by atomic mass is 16.3. The Balaban J connectivity index is 2.63. The molecule has 0 aliphatic rings. The topological polar surface area (TPSA) is 11.3 Å². The van der Waals surface area contributed by atoms with Gasteiger partial charge in [-0.15, -0.1) is 0 Å². The van der Waals surface area contributed by atoms with Gasteiger partial charge in [0.05, 0.1) is 10.8 Å². The van der Waals surface area contributed by atoms with Gasteiger partial charge in [0.15, 0.2) is 0 Å². The monoisotopic (exact) mass is 283 g/mol. The van der Waals surface area contributed by atoms with Crippen molar-refractivity contribution in [3.05, 3.63) is 53.5 Å². The van der Waals surface area contributed by atoms with Gasteiger partial charge in [0.2, 0.25) is 0 Å². The summed E-state index contributed by atoms with van der Waals surface area (Å²) in [6, 6.07) is 13.0. The summed E-state index contributed by atoms with van der Waals surface area (Å²) in [6.07, 6.45) is 0. The first kappa shape index (κ1) is 15.8. The van der Waals surface area contributed by atoms with E-state index >= 15 is 0 Å². The number of hydrogen-bond donors (Lipinski definition) is 0. The first-order valence-electron chi connectivity index (χ1n) is 7.63. The summed E-state index contributed by atoms with van der Waals surface area (Å²) in [6.45, 7) is 15.3. The van der Waals surface area contributed by atoms with Crippen LogP contribution < -0.4 is 0 Å². The van der Waals surface area contributed by atoms with Crippen LogP contribution in [0.5, 0.6) is 0 Å². The van der Waals surface area contributed by atoms with Crippen molar-refractivity contribution in [3.63, 3.8) is 0 Å². The van der Waals surface area contributed by atoms with Crippen molar-refractivity contribution in [2.75, 3.05) is 0 Å². The third-order valence-corrected chi connectivity index (χ3v) is 3.66. The van der Waals surface area contributed by atoms with Gasteiger partial charge in [-0.3, -0.25) is 0 Å². The molecule has 0 atom stereocenters. The lowest BCUT2D eigenvalue weighted by atomic mass is 9.87. The average Bonchev–Trinajstić information content (AvgIpc) is 2.37. The molecule has 0 unspecified atom stereocenters. The van der Waals surface area contributed by atoms with Crippen molar-refractivity contribution >= 4 is 0 Å². The minimum atomic E-state index is 0.000701. The fraction of sp³-hybridized carbons (Fsp3) is 0.450. The Morgan fingerprint density at radius 2 is 1.10 bits per heavy atom. The Kier molecular flexibility index (Phi) is 3.97. The molecule has 2 aromatic rings. The van der Waals surface area contributed by atoms with E-state index in [4.69, 9.17) is 4.42 Å². The maximum atomic E-state index is 6.19. The van der Waals surface area contributed by atoms with E-state index in [1.807, 2.05) is 0 Å². The standard InChI is InChI=1S/C20H27O/c1-14-8-10-15(11-9-14)16-12-17(19(2,3)4)21-18(13-16)20(5,6)7/h8-13H,1-7H3/q+1. The summed E-state index contributed by atoms with van der Waals surface area (Å²) in [4.78, 5) is 0. The molecule has 0 N–H and O–H groups in total. The van der Waals surface area contributed by atoms with Crippen molar-refractivity contribution in [1.29, 1.82) is 0 Å². The van der Waals surface area contributed by atoms with Gasteiger partial charge in [0.1, 0.15) is 0 Å². The molecule has 0 amide bonds. The molecule has 0 fully saturated rings. The van der Waals surface area contributed by atoms with Crippen molar-refractivity contribution in [1.82, 2.24) is 0 Å². The van der Waals surface area contributed by atoms with E-state index in [0.29, 0.717) is 0 Å². The van der Waals surface area contributed by atoms with Crippen molar-refractivity contribution in [2.45, 2.75) is 59.3 Å². The SMILES string of the molecule is Cc1ccc(-c2cc(C(C)(C)C)[o+]c(C(C)(C)C)c2)cc1. The highest BCUT2D eigenvalue weighted by Gasteiger charge is 2.33. The normalized spacial score (nSPS) is 12.5. The predicted octanol–water partition coefficient (Wildman–Crippen LogP) is 6.13. The summed E-state index contributed by atoms with van der Waals surface area (Å²) < 4.78 is 6.19. The van der Waals surface area contributed by atoms with Gasteiger partial charge in [-0.1, -0.05) is 29.8 Å². The highest BCUT2D eigenvalue weighted by Crippen LogP contribution is 2.33. The van der Waals surface area contributed by atoms with Gasteiger partial charge in [-0.05, 0) is 59.6 Å². The summed E-state index contributed by atoms with van der Waals surface area (Å²) in [5.74, 6) is 2.07. The zero-order chi connectivity index (χ0) is 15.8. The second-order valence-electron chi connectivity index (χ2n) is 7.94. The van der Waals surface area contributed by atoms with Crippen LogP contribution in [-0.2, 0) is 10.8 Å². The van der Waals surface area contributed by atoms with E-state index in [1.54, 1.807) is 0 Å². The number of hydrogen-bond acceptors (Lipinski definition) is 0. The minimum Gasteiger partial charge on any atom is -0.217 e. The lowest BCUT2D eigenvalue weighted by Gasteiger charge is -2.15. The molecule has 112 valence electrons. The zero-order valence-corrected chi connectivity index (χ0v) is 14.4. The molecule has 0 radical (unpaired) electrons. The van der Waals surface area contributed by atoms with Crippen molar-refractivity contribution < 1.29 is 4.42 Å². The van der Waals surface area contributed by atoms with Gasteiger partial charge >= 0.3 is 11.5 Å². The molecule has 0 aliphatic carbocycles. The molecule has 1 aromatic heterocycles. The molecule has 1 heteroatoms. The largest absolute Gasteiger partial charge is 0.335 e. The molecule has 21 heavy (non-hydrogen) atoms. The number of aryl methyl sites for hydroxylation is 1. The second kappa shape index (κ2) is 5.29. The first-order chi connectivity index (χ1) is 9.57. The van der Waals surface area contributed by atoms with E-state index < -0.39 is 0 Å². The highest BCUT2D eigenvalue weighted by molar-refractivity contribution is 5.64. The van der Waals surface area contributed by atoms with Crippen molar-refractivity contribution in [3.8, 4) is 11.1 Å². The van der Waals surface area contributed by atoms with Gasteiger partial charge in [-0.25, -0.2) is 4.42 Å². The molecule has 0 saturated carbocycles. The Morgan fingerprint density at radius 1 is 0.667 bits per heavy atom. The fourth-order valence-electron chi connectivity index (χ4n) is 2.15. The molecular weight excluding hydrogens is 256 g/mol. The van der Waals surface area contributed by atoms with Gasteiger partial charge < -0.3 is 0 Å². The molecule has 1 heterocycles. The number of rotatable bonds is 1. The van der Waals surface area contributed by atoms with E-state index in [1.165, 1.54) is 16.7 Å². The number of benzene rings is 1. The minimum absolute atomic E-state index is 0.000701. The van der Waals surface area contributed by atoms with Crippen LogP contribution in [-0.4, -0.2) is 0 Å².